The zero-order chi connectivity index (χ0) is 22.1. The lowest BCUT2D eigenvalue weighted by molar-refractivity contribution is -0.162. The van der Waals surface area contributed by atoms with E-state index in [1.807, 2.05) is 0 Å². The number of aliphatic hydroxyl groups is 1. The number of nitrogens with two attached hydrogens (primary N) is 1. The summed E-state index contributed by atoms with van der Waals surface area (Å²) in [5, 5.41) is 18.8. The molecule has 2 unspecified atom stereocenters. The molecule has 2 atom stereocenters. The number of likely N-dealkylation sites (tertiary alicyclic amines) is 1. The highest BCUT2D eigenvalue weighted by Crippen LogP contribution is 2.34. The molecule has 4 N–H and O–H groups in total. The average molecular weight is 455 g/mol. The summed E-state index contributed by atoms with van der Waals surface area (Å²) in [5.41, 5.74) is 2.46. The third-order valence-electron chi connectivity index (χ3n) is 4.90. The minimum Gasteiger partial charge on any atom is -0.479 e. The maximum atomic E-state index is 13.1. The number of nitrogens with zero attached hydrogens (tertiary/aromatic N) is 1. The summed E-state index contributed by atoms with van der Waals surface area (Å²) in [5.74, 6) is -1.05. The van der Waals surface area contributed by atoms with Crippen LogP contribution in [0.4, 0.5) is 4.79 Å². The lowest BCUT2D eigenvalue weighted by Gasteiger charge is -2.40. The van der Waals surface area contributed by atoms with Gasteiger partial charge in [0.25, 0.3) is 0 Å². The van der Waals surface area contributed by atoms with Crippen LogP contribution in [0.15, 0.2) is 53.4 Å². The number of sulfone groups is 1. The molecule has 1 heterocycles. The quantitative estimate of drug-likeness (QED) is 0.624. The summed E-state index contributed by atoms with van der Waals surface area (Å²) in [6, 6.07) is 11.1. The number of hydrogen-bond acceptors (Lipinski definition) is 6. The van der Waals surface area contributed by atoms with E-state index in [0.29, 0.717) is 16.5 Å². The molecular formula is C19H19ClN2O7S. The number of benzene rings is 2. The number of primary amides is 1. The molecule has 1 aliphatic heterocycles. The summed E-state index contributed by atoms with van der Waals surface area (Å²) in [4.78, 5) is 23.8. The van der Waals surface area contributed by atoms with Gasteiger partial charge in [0.1, 0.15) is 16.7 Å². The molecular weight excluding hydrogens is 436 g/mol. The van der Waals surface area contributed by atoms with Crippen molar-refractivity contribution < 1.29 is 33.0 Å². The molecule has 0 saturated carbocycles. The SMILES string of the molecule is NC(=O)N1CCC(S(=O)(=O)c2ccc(Oc3ccccc3Cl)cc2)C(O)(C(=O)O)C1. The molecule has 1 fully saturated rings. The van der Waals surface area contributed by atoms with Gasteiger partial charge in [-0.2, -0.15) is 0 Å². The van der Waals surface area contributed by atoms with Crippen molar-refractivity contribution in [1.82, 2.24) is 4.90 Å². The number of carbonyl (C=O) groups is 2. The van der Waals surface area contributed by atoms with Gasteiger partial charge in [-0.1, -0.05) is 23.7 Å². The van der Waals surface area contributed by atoms with Crippen molar-refractivity contribution in [3.8, 4) is 11.5 Å². The lowest BCUT2D eigenvalue weighted by atomic mass is 9.92. The Bertz CT molecular complexity index is 1070. The molecule has 9 nitrogen and oxygen atoms in total. The van der Waals surface area contributed by atoms with Crippen molar-refractivity contribution >= 4 is 33.4 Å². The standard InChI is InChI=1S/C19H19ClN2O7S/c20-14-3-1-2-4-15(14)29-12-5-7-13(8-6-12)30(27,28)16-9-10-22(18(21)25)11-19(16,26)17(23)24/h1-8,16,26H,9-11H2,(H2,21,25)(H,23,24). The Balaban J connectivity index is 1.88. The maximum Gasteiger partial charge on any atom is 0.338 e. The van der Waals surface area contributed by atoms with Crippen molar-refractivity contribution in [2.45, 2.75) is 22.2 Å². The molecule has 0 aromatic heterocycles. The fraction of sp³-hybridized carbons (Fsp3) is 0.263. The number of β-amino-alcohol motifs (C(OH)–C–C–N with tert-alkyl or cyclic N) is 1. The Morgan fingerprint density at radius 2 is 1.80 bits per heavy atom. The zero-order valence-corrected chi connectivity index (χ0v) is 17.1. The van der Waals surface area contributed by atoms with E-state index in [0.717, 1.165) is 4.90 Å². The van der Waals surface area contributed by atoms with Gasteiger partial charge < -0.3 is 25.6 Å². The van der Waals surface area contributed by atoms with Crippen molar-refractivity contribution in [1.29, 1.82) is 0 Å². The molecule has 2 amide bonds. The van der Waals surface area contributed by atoms with Crippen LogP contribution in [0.5, 0.6) is 11.5 Å². The molecule has 0 bridgehead atoms. The van der Waals surface area contributed by atoms with Gasteiger partial charge in [0.05, 0.1) is 16.5 Å². The number of urea groups is 1. The first kappa shape index (κ1) is 21.9. The fourth-order valence-corrected chi connectivity index (χ4v) is 5.43. The van der Waals surface area contributed by atoms with Gasteiger partial charge in [0, 0.05) is 6.54 Å². The number of para-hydroxylation sites is 1. The highest BCUT2D eigenvalue weighted by atomic mass is 35.5. The van der Waals surface area contributed by atoms with E-state index in [2.05, 4.69) is 0 Å². The van der Waals surface area contributed by atoms with Crippen LogP contribution in [0.25, 0.3) is 0 Å². The first-order valence-corrected chi connectivity index (χ1v) is 10.7. The molecule has 11 heteroatoms. The smallest absolute Gasteiger partial charge is 0.338 e. The number of ether oxygens (including phenoxy) is 1. The normalized spacial score (nSPS) is 21.8. The van der Waals surface area contributed by atoms with Crippen molar-refractivity contribution in [2.75, 3.05) is 13.1 Å². The molecule has 0 spiro atoms. The summed E-state index contributed by atoms with van der Waals surface area (Å²) >= 11 is 6.03. The van der Waals surface area contributed by atoms with Crippen LogP contribution in [0.1, 0.15) is 6.42 Å². The Morgan fingerprint density at radius 1 is 1.17 bits per heavy atom. The van der Waals surface area contributed by atoms with Gasteiger partial charge in [-0.25, -0.2) is 18.0 Å². The number of hydrogen-bond donors (Lipinski definition) is 3. The molecule has 0 aliphatic carbocycles. The van der Waals surface area contributed by atoms with Crippen LogP contribution in [-0.2, 0) is 14.6 Å². The predicted molar refractivity (Wildman–Crippen MR) is 107 cm³/mol. The highest BCUT2D eigenvalue weighted by molar-refractivity contribution is 7.92. The number of carbonyl (C=O) groups excluding carboxylic acids is 1. The van der Waals surface area contributed by atoms with Crippen LogP contribution in [0, 0.1) is 0 Å². The van der Waals surface area contributed by atoms with E-state index >= 15 is 0 Å². The van der Waals surface area contributed by atoms with Crippen molar-refractivity contribution in [2.24, 2.45) is 5.73 Å². The van der Waals surface area contributed by atoms with Crippen LogP contribution < -0.4 is 10.5 Å². The van der Waals surface area contributed by atoms with Crippen LogP contribution in [0.2, 0.25) is 5.02 Å². The average Bonchev–Trinajstić information content (AvgIpc) is 2.69. The van der Waals surface area contributed by atoms with Crippen molar-refractivity contribution in [3.63, 3.8) is 0 Å². The highest BCUT2D eigenvalue weighted by Gasteiger charge is 2.55. The minimum atomic E-state index is -4.25. The van der Waals surface area contributed by atoms with Gasteiger partial charge in [-0.3, -0.25) is 0 Å². The van der Waals surface area contributed by atoms with Gasteiger partial charge in [-0.05, 0) is 42.8 Å². The molecule has 3 rings (SSSR count). The summed E-state index contributed by atoms with van der Waals surface area (Å²) < 4.78 is 31.8. The van der Waals surface area contributed by atoms with Gasteiger partial charge in [0.2, 0.25) is 0 Å². The van der Waals surface area contributed by atoms with E-state index in [9.17, 15) is 28.2 Å². The summed E-state index contributed by atoms with van der Waals surface area (Å²) in [7, 11) is -4.25. The molecule has 2 aromatic carbocycles. The largest absolute Gasteiger partial charge is 0.479 e. The Morgan fingerprint density at radius 3 is 2.37 bits per heavy atom. The predicted octanol–water partition coefficient (Wildman–Crippen LogP) is 1.87. The van der Waals surface area contributed by atoms with E-state index < -0.39 is 39.2 Å². The Labute approximate surface area is 177 Å². The lowest BCUT2D eigenvalue weighted by Crippen LogP contribution is -2.65. The number of halogens is 1. The van der Waals surface area contributed by atoms with Gasteiger partial charge in [0.15, 0.2) is 15.4 Å². The number of amides is 2. The van der Waals surface area contributed by atoms with E-state index in [4.69, 9.17) is 22.1 Å². The van der Waals surface area contributed by atoms with Crippen LogP contribution >= 0.6 is 11.6 Å². The fourth-order valence-electron chi connectivity index (χ4n) is 3.31. The Hall–Kier alpha value is -2.82. The number of rotatable bonds is 5. The first-order chi connectivity index (χ1) is 14.1. The number of aliphatic carboxylic acids is 1. The van der Waals surface area contributed by atoms with Crippen LogP contribution in [0.3, 0.4) is 0 Å². The summed E-state index contributed by atoms with van der Waals surface area (Å²) in [6.07, 6.45) is -0.286. The molecule has 160 valence electrons. The molecule has 1 aliphatic rings. The second-order valence-electron chi connectivity index (χ2n) is 6.82. The monoisotopic (exact) mass is 454 g/mol. The first-order valence-electron chi connectivity index (χ1n) is 8.82. The van der Waals surface area contributed by atoms with E-state index in [1.165, 1.54) is 24.3 Å². The third kappa shape index (κ3) is 4.07. The van der Waals surface area contributed by atoms with Crippen LogP contribution in [-0.4, -0.2) is 59.5 Å². The second kappa shape index (κ2) is 8.13. The second-order valence-corrected chi connectivity index (χ2v) is 9.35. The van der Waals surface area contributed by atoms with E-state index in [-0.39, 0.29) is 17.9 Å². The Kier molecular flexibility index (Phi) is 5.93. The van der Waals surface area contributed by atoms with Gasteiger partial charge >= 0.3 is 12.0 Å². The van der Waals surface area contributed by atoms with E-state index in [1.54, 1.807) is 24.3 Å². The van der Waals surface area contributed by atoms with Crippen molar-refractivity contribution in [3.05, 3.63) is 53.6 Å². The zero-order valence-electron chi connectivity index (χ0n) is 15.6. The molecule has 30 heavy (non-hydrogen) atoms. The number of piperidine rings is 1. The molecule has 1 saturated heterocycles. The maximum absolute atomic E-state index is 13.1. The number of carboxylic acid groups (broad SMARTS) is 1. The summed E-state index contributed by atoms with van der Waals surface area (Å²) in [6.45, 7) is -0.822. The topological polar surface area (TPSA) is 147 Å². The third-order valence-corrected chi connectivity index (χ3v) is 7.52. The number of carboxylic acids is 1. The van der Waals surface area contributed by atoms with Gasteiger partial charge in [-0.15, -0.1) is 0 Å². The minimum absolute atomic E-state index is 0.0947. The molecule has 2 aromatic rings. The molecule has 0 radical (unpaired) electrons.